The SMILES string of the molecule is CB(O)N1CCC(=O)CC1.CB(O)N1CCC(CNc2ccc(Br)cc2)CC1.CB(O)N1CCC(CNc2ccc(C)cc2)CC1.CB(O)O.CCCO.CCCO.CCCO.CCCO.Nc1ccc(Br)cc1.[Cl][Pd][Cl].[Ti].c1ccc(P(c2ccccc2)c2ccccc2)cc1.c1ccc(P(c2ccccc2)c2ccccc2)cc1. The summed E-state index contributed by atoms with van der Waals surface area (Å²) in [5.41, 5.74) is 9.89. The Morgan fingerprint density at radius 1 is 0.405 bits per heavy atom. The van der Waals surface area contributed by atoms with Crippen molar-refractivity contribution in [2.24, 2.45) is 11.8 Å². The van der Waals surface area contributed by atoms with Crippen LogP contribution in [-0.4, -0.2) is 173 Å². The number of halogens is 4. The van der Waals surface area contributed by atoms with Crippen LogP contribution in [0.3, 0.4) is 0 Å². The molecule has 0 bridgehead atoms. The Labute approximate surface area is 747 Å². The number of aliphatic hydroxyl groups is 4. The predicted octanol–water partition coefficient (Wildman–Crippen LogP) is 15.6. The van der Waals surface area contributed by atoms with E-state index in [1.807, 2.05) is 70.4 Å². The van der Waals surface area contributed by atoms with E-state index in [0.717, 1.165) is 111 Å². The molecule has 0 atom stereocenters. The Balaban J connectivity index is 0.00000131. The molecule has 0 radical (unpaired) electrons. The van der Waals surface area contributed by atoms with Crippen molar-refractivity contribution >= 4 is 150 Å². The van der Waals surface area contributed by atoms with Gasteiger partial charge in [-0.3, -0.25) is 4.79 Å². The van der Waals surface area contributed by atoms with Gasteiger partial charge in [0.2, 0.25) is 0 Å². The minimum absolute atomic E-state index is 0. The summed E-state index contributed by atoms with van der Waals surface area (Å²) in [6.07, 6.45) is 9.37. The Bertz CT molecular complexity index is 3260. The van der Waals surface area contributed by atoms with E-state index in [4.69, 9.17) is 60.3 Å². The maximum atomic E-state index is 10.7. The molecule has 3 saturated heterocycles. The van der Waals surface area contributed by atoms with Crippen LogP contribution >= 0.6 is 66.8 Å². The van der Waals surface area contributed by atoms with Crippen molar-refractivity contribution in [3.8, 4) is 0 Å². The number of hydrogen-bond donors (Lipinski definition) is 12. The van der Waals surface area contributed by atoms with Crippen molar-refractivity contribution in [1.82, 2.24) is 14.4 Å². The fourth-order valence-electron chi connectivity index (χ4n) is 10.8. The van der Waals surface area contributed by atoms with Crippen molar-refractivity contribution in [1.29, 1.82) is 0 Å². The second-order valence-corrected chi connectivity index (χ2v) is 35.5. The number of hydrogen-bond acceptors (Lipinski definition) is 16. The molecule has 16 nitrogen and oxygen atoms in total. The van der Waals surface area contributed by atoms with Gasteiger partial charge in [0.05, 0.1) is 0 Å². The fraction of sp³-hybridized carbons (Fsp3) is 0.375. The molecule has 634 valence electrons. The molecule has 116 heavy (non-hydrogen) atoms. The number of Topliss-reactive ketones (excluding diaryl/α,β-unsaturated/α-hetero) is 1. The van der Waals surface area contributed by atoms with Crippen molar-refractivity contribution < 1.29 is 88.0 Å². The number of nitrogens with zero attached hydrogens (tertiary/aromatic N) is 3. The summed E-state index contributed by atoms with van der Waals surface area (Å²) in [6.45, 7) is 25.3. The monoisotopic (exact) mass is 1920 g/mol. The van der Waals surface area contributed by atoms with E-state index in [1.165, 1.54) is 68.4 Å². The van der Waals surface area contributed by atoms with Gasteiger partial charge in [-0.1, -0.05) is 259 Å². The maximum Gasteiger partial charge on any atom is 0 e. The van der Waals surface area contributed by atoms with Crippen LogP contribution in [0.15, 0.2) is 264 Å². The van der Waals surface area contributed by atoms with Crippen LogP contribution in [0.4, 0.5) is 17.1 Å². The average molecular weight is 1920 g/mol. The summed E-state index contributed by atoms with van der Waals surface area (Å²) < 4.78 is 2.17. The number of nitrogens with two attached hydrogens (primary N) is 1. The zero-order valence-corrected chi connectivity index (χ0v) is 78.9. The van der Waals surface area contributed by atoms with Gasteiger partial charge in [-0.05, 0) is 245 Å². The van der Waals surface area contributed by atoms with Crippen molar-refractivity contribution in [2.75, 3.05) is 95.2 Å². The number of ketones is 1. The van der Waals surface area contributed by atoms with Gasteiger partial charge in [0.15, 0.2) is 0 Å². The standard InChI is InChI=1S/2C18H15P.C14H23BN2O.C13H20BBrN2O.C6H12BNO2.C6H6BrN.4C3H8O.CH5BO2.2ClH.Pd.Ti/c2*1-4-10-16(11-5-1)19(17-12-6-2-7-13-17)18-14-8-3-9-15-18;1-12-3-5-14(6-4-12)16-11-13-7-9-17(10-8-13)15(2)18;1-14(18)17-8-6-11(7-9-17)10-16-13-4-2-12(15)3-5-13;1-7(10)8-4-2-6(9)3-5-8;7-5-1-3-6(8)4-2-5;4*1-2-3-4;1-2(3)4;;;;/h2*1-15H;3-6,13,16,18H,7-11H2,1-2H3;2-5,11,16,18H,6-10H2,1H3;10H,2-5H2,1H3;1-4H,8H2;4*4H,2-3H2,1H3;3-4H,1H3;2*1H;;/q;;;;;;;;;;;;;+2;/p-2. The zero-order valence-electron chi connectivity index (χ0n) is 69.3. The van der Waals surface area contributed by atoms with E-state index < -0.39 is 30.0 Å². The summed E-state index contributed by atoms with van der Waals surface area (Å²) in [5.74, 6) is 1.75. The summed E-state index contributed by atoms with van der Waals surface area (Å²) in [7, 11) is 6.58. The normalized spacial score (nSPS) is 12.9. The fourth-order valence-corrected chi connectivity index (χ4v) is 15.9. The van der Waals surface area contributed by atoms with Gasteiger partial charge in [0, 0.05) is 100 Å². The summed E-state index contributed by atoms with van der Waals surface area (Å²) in [5, 5.41) is 90.2. The van der Waals surface area contributed by atoms with Gasteiger partial charge in [-0.2, -0.15) is 0 Å². The van der Waals surface area contributed by atoms with Crippen LogP contribution in [0.5, 0.6) is 0 Å². The molecule has 0 aromatic heterocycles. The number of piperidine rings is 3. The number of anilines is 3. The molecule has 28 heteroatoms. The number of rotatable bonds is 19. The Morgan fingerprint density at radius 3 is 0.819 bits per heavy atom. The van der Waals surface area contributed by atoms with Crippen LogP contribution in [0, 0.1) is 18.8 Å². The second-order valence-electron chi connectivity index (χ2n) is 26.9. The Morgan fingerprint density at radius 2 is 0.612 bits per heavy atom. The van der Waals surface area contributed by atoms with E-state index in [0.29, 0.717) is 51.0 Å². The number of aryl methyl sites for hydroxylation is 1. The van der Waals surface area contributed by atoms with Crippen LogP contribution in [0.2, 0.25) is 27.3 Å². The molecule has 13 N–H and O–H groups in total. The molecule has 9 aromatic rings. The van der Waals surface area contributed by atoms with Crippen LogP contribution in [0.1, 0.15) is 97.5 Å². The number of benzene rings is 9. The largest absolute Gasteiger partial charge is 0.0622 e. The van der Waals surface area contributed by atoms with E-state index >= 15 is 0 Å². The van der Waals surface area contributed by atoms with Gasteiger partial charge < -0.3 is 76.3 Å². The molecular formula is C88H128B4Br2Cl2N6O10P2PdTi. The molecular weight excluding hydrogens is 1790 g/mol. The molecule has 3 aliphatic heterocycles. The minimum atomic E-state index is -1.17. The summed E-state index contributed by atoms with van der Waals surface area (Å²) in [4.78, 5) is 16.9. The van der Waals surface area contributed by atoms with Gasteiger partial charge in [0.1, 0.15) is 5.78 Å². The molecule has 0 amide bonds. The first-order chi connectivity index (χ1) is 55.5. The summed E-state index contributed by atoms with van der Waals surface area (Å²) in [6, 6.07) is 89.0. The molecule has 12 rings (SSSR count). The molecule has 3 aliphatic rings. The minimum Gasteiger partial charge on any atom is -0.0622 e. The van der Waals surface area contributed by atoms with E-state index in [1.54, 1.807) is 6.82 Å². The topological polar surface area (TPSA) is 259 Å². The van der Waals surface area contributed by atoms with E-state index in [2.05, 4.69) is 290 Å². The van der Waals surface area contributed by atoms with Gasteiger partial charge in [-0.25, -0.2) is 0 Å². The third-order valence-electron chi connectivity index (χ3n) is 17.2. The third-order valence-corrected chi connectivity index (χ3v) is 23.1. The van der Waals surface area contributed by atoms with Crippen molar-refractivity contribution in [2.45, 2.75) is 126 Å². The first-order valence-corrected chi connectivity index (χ1v) is 47.9. The van der Waals surface area contributed by atoms with E-state index in [9.17, 15) is 14.8 Å². The number of carbonyl (C=O) groups is 1. The zero-order chi connectivity index (χ0) is 85.2. The van der Waals surface area contributed by atoms with Crippen molar-refractivity contribution in [3.63, 3.8) is 0 Å². The van der Waals surface area contributed by atoms with Gasteiger partial charge in [-0.15, -0.1) is 0 Å². The third kappa shape index (κ3) is 54.8. The molecule has 9 aromatic carbocycles. The van der Waals surface area contributed by atoms with E-state index in [-0.39, 0.29) is 51.8 Å². The number of nitrogens with one attached hydrogen (secondary N) is 2. The number of carbonyl (C=O) groups excluding carboxylic acids is 1. The molecule has 3 fully saturated rings. The number of aliphatic hydroxyl groups excluding tert-OH is 4. The quantitative estimate of drug-likeness (QED) is 0.0204. The Kier molecular flexibility index (Phi) is 70.6. The van der Waals surface area contributed by atoms with Crippen LogP contribution in [-0.2, 0) is 42.5 Å². The average Bonchev–Trinajstić information content (AvgIpc) is 0.824. The number of nitrogen functional groups attached to an aromatic ring is 1. The van der Waals surface area contributed by atoms with Crippen LogP contribution < -0.4 is 48.2 Å². The maximum absolute atomic E-state index is 10.7. The molecule has 0 unspecified atom stereocenters. The molecule has 0 saturated carbocycles. The molecule has 3 heterocycles. The van der Waals surface area contributed by atoms with Crippen LogP contribution in [0.25, 0.3) is 0 Å². The smallest absolute Gasteiger partial charge is 0 e. The van der Waals surface area contributed by atoms with Gasteiger partial charge in [0.25, 0.3) is 0 Å². The first kappa shape index (κ1) is 112. The second kappa shape index (κ2) is 73.3. The predicted molar refractivity (Wildman–Crippen MR) is 504 cm³/mol. The first-order valence-electron chi connectivity index (χ1n) is 39.6. The Hall–Kier alpha value is -4.39. The van der Waals surface area contributed by atoms with Gasteiger partial charge >= 0.3 is 63.3 Å². The molecule has 0 aliphatic carbocycles. The van der Waals surface area contributed by atoms with Crippen molar-refractivity contribution in [3.05, 3.63) is 269 Å². The summed E-state index contributed by atoms with van der Waals surface area (Å²) >= 11 is 6.62. The molecule has 0 spiro atoms.